The Morgan fingerprint density at radius 1 is 1.31 bits per heavy atom. The van der Waals surface area contributed by atoms with Crippen molar-refractivity contribution in [2.24, 2.45) is 0 Å². The van der Waals surface area contributed by atoms with Crippen LogP contribution in [-0.4, -0.2) is 0 Å². The second kappa shape index (κ2) is 3.31. The maximum absolute atomic E-state index is 13.7. The predicted molar refractivity (Wildman–Crippen MR) is 62.6 cm³/mol. The molecule has 1 fully saturated rings. The first-order chi connectivity index (χ1) is 7.39. The maximum Gasteiger partial charge on any atom is 0.258 e. The summed E-state index contributed by atoms with van der Waals surface area (Å²) >= 11 is 0. The van der Waals surface area contributed by atoms with Crippen LogP contribution in [0.1, 0.15) is 44.7 Å². The average molecular weight is 217 g/mol. The first kappa shape index (κ1) is 11.1. The van der Waals surface area contributed by atoms with Crippen molar-refractivity contribution in [2.45, 2.75) is 44.6 Å². The summed E-state index contributed by atoms with van der Waals surface area (Å²) in [5.74, 6) is -0.169. The van der Waals surface area contributed by atoms with Crippen LogP contribution in [0.25, 0.3) is 4.85 Å². The van der Waals surface area contributed by atoms with Crippen LogP contribution in [-0.2, 0) is 11.0 Å². The van der Waals surface area contributed by atoms with E-state index in [1.165, 1.54) is 6.07 Å². The van der Waals surface area contributed by atoms with Crippen LogP contribution >= 0.6 is 0 Å². The molecule has 0 N–H and O–H groups in total. The Morgan fingerprint density at radius 2 is 1.94 bits per heavy atom. The van der Waals surface area contributed by atoms with Crippen molar-refractivity contribution in [3.63, 3.8) is 0 Å². The summed E-state index contributed by atoms with van der Waals surface area (Å²) in [7, 11) is 0. The van der Waals surface area contributed by atoms with E-state index in [0.717, 1.165) is 18.4 Å². The van der Waals surface area contributed by atoms with Crippen LogP contribution in [0.2, 0.25) is 0 Å². The Labute approximate surface area is 96.1 Å². The second-order valence-electron chi connectivity index (χ2n) is 5.59. The molecule has 0 saturated heterocycles. The summed E-state index contributed by atoms with van der Waals surface area (Å²) in [6.07, 6.45) is 1.82. The summed E-state index contributed by atoms with van der Waals surface area (Å²) in [5.41, 5.74) is 1.14. The number of benzene rings is 1. The van der Waals surface area contributed by atoms with E-state index in [2.05, 4.69) is 4.85 Å². The molecule has 0 bridgehead atoms. The van der Waals surface area contributed by atoms with E-state index in [-0.39, 0.29) is 16.8 Å². The van der Waals surface area contributed by atoms with Gasteiger partial charge in [-0.1, -0.05) is 20.8 Å². The highest BCUT2D eigenvalue weighted by atomic mass is 19.1. The highest BCUT2D eigenvalue weighted by Gasteiger charge is 2.52. The van der Waals surface area contributed by atoms with E-state index in [4.69, 9.17) is 6.57 Å². The zero-order valence-electron chi connectivity index (χ0n) is 9.97. The lowest BCUT2D eigenvalue weighted by Crippen LogP contribution is -2.15. The third-order valence-corrected chi connectivity index (χ3v) is 3.25. The van der Waals surface area contributed by atoms with Crippen LogP contribution in [0.15, 0.2) is 18.2 Å². The zero-order valence-corrected chi connectivity index (χ0v) is 9.97. The number of hydrogen-bond acceptors (Lipinski definition) is 0. The van der Waals surface area contributed by atoms with Gasteiger partial charge in [-0.3, -0.25) is 0 Å². The Morgan fingerprint density at radius 3 is 2.38 bits per heavy atom. The van der Waals surface area contributed by atoms with E-state index >= 15 is 0 Å². The molecule has 1 aromatic carbocycles. The van der Waals surface area contributed by atoms with Crippen molar-refractivity contribution in [1.29, 1.82) is 0 Å². The van der Waals surface area contributed by atoms with E-state index in [9.17, 15) is 4.39 Å². The van der Waals surface area contributed by atoms with Gasteiger partial charge < -0.3 is 4.85 Å². The molecule has 0 aromatic heterocycles. The fraction of sp³-hybridized carbons (Fsp3) is 0.500. The van der Waals surface area contributed by atoms with Crippen molar-refractivity contribution in [3.8, 4) is 0 Å². The number of halogens is 1. The third kappa shape index (κ3) is 1.71. The largest absolute Gasteiger partial charge is 0.305 e. The van der Waals surface area contributed by atoms with Gasteiger partial charge in [-0.25, -0.2) is 11.0 Å². The van der Waals surface area contributed by atoms with Crippen LogP contribution in [0, 0.1) is 12.4 Å². The van der Waals surface area contributed by atoms with Gasteiger partial charge in [-0.15, -0.1) is 0 Å². The van der Waals surface area contributed by atoms with Crippen molar-refractivity contribution < 1.29 is 4.39 Å². The summed E-state index contributed by atoms with van der Waals surface area (Å²) in [6.45, 7) is 13.2. The van der Waals surface area contributed by atoms with Gasteiger partial charge in [0.25, 0.3) is 5.54 Å². The molecular formula is C14H16FN. The topological polar surface area (TPSA) is 4.36 Å². The summed E-state index contributed by atoms with van der Waals surface area (Å²) in [4.78, 5) is 3.68. The first-order valence-corrected chi connectivity index (χ1v) is 5.58. The number of nitrogens with zero attached hydrogens (tertiary/aromatic N) is 1. The normalized spacial score (nSPS) is 17.9. The van der Waals surface area contributed by atoms with Crippen molar-refractivity contribution in [1.82, 2.24) is 0 Å². The van der Waals surface area contributed by atoms with E-state index in [1.807, 2.05) is 26.8 Å². The number of hydrogen-bond donors (Lipinski definition) is 0. The lowest BCUT2D eigenvalue weighted by atomic mass is 9.84. The molecule has 0 amide bonds. The average Bonchev–Trinajstić information content (AvgIpc) is 2.97. The molecule has 0 spiro atoms. The van der Waals surface area contributed by atoms with Gasteiger partial charge in [-0.2, -0.15) is 0 Å². The molecule has 2 rings (SSSR count). The summed E-state index contributed by atoms with van der Waals surface area (Å²) < 4.78 is 13.7. The van der Waals surface area contributed by atoms with Crippen molar-refractivity contribution in [3.05, 3.63) is 46.6 Å². The molecule has 16 heavy (non-hydrogen) atoms. The van der Waals surface area contributed by atoms with Gasteiger partial charge in [-0.05, 0) is 29.2 Å². The molecule has 0 aliphatic heterocycles. The van der Waals surface area contributed by atoms with Crippen LogP contribution in [0.4, 0.5) is 4.39 Å². The second-order valence-corrected chi connectivity index (χ2v) is 5.59. The maximum atomic E-state index is 13.7. The molecular weight excluding hydrogens is 201 g/mol. The highest BCUT2D eigenvalue weighted by molar-refractivity contribution is 5.39. The van der Waals surface area contributed by atoms with Gasteiger partial charge in [0, 0.05) is 18.4 Å². The van der Waals surface area contributed by atoms with E-state index in [0.29, 0.717) is 5.56 Å². The smallest absolute Gasteiger partial charge is 0.258 e. The van der Waals surface area contributed by atoms with Gasteiger partial charge in [0.05, 0.1) is 0 Å². The highest BCUT2D eigenvalue weighted by Crippen LogP contribution is 2.50. The molecule has 0 unspecified atom stereocenters. The third-order valence-electron chi connectivity index (χ3n) is 3.25. The van der Waals surface area contributed by atoms with Crippen molar-refractivity contribution in [2.75, 3.05) is 0 Å². The van der Waals surface area contributed by atoms with Crippen LogP contribution in [0.5, 0.6) is 0 Å². The molecule has 84 valence electrons. The molecule has 0 atom stereocenters. The van der Waals surface area contributed by atoms with Crippen LogP contribution < -0.4 is 0 Å². The molecule has 1 saturated carbocycles. The Hall–Kier alpha value is -1.36. The lowest BCUT2D eigenvalue weighted by molar-refractivity contribution is 0.521. The van der Waals surface area contributed by atoms with E-state index in [1.54, 1.807) is 6.07 Å². The molecule has 1 aliphatic rings. The van der Waals surface area contributed by atoms with Gasteiger partial charge in [0.1, 0.15) is 5.82 Å². The molecule has 1 nitrogen and oxygen atoms in total. The zero-order chi connectivity index (χ0) is 12.0. The first-order valence-electron chi connectivity index (χ1n) is 5.58. The van der Waals surface area contributed by atoms with Crippen molar-refractivity contribution >= 4 is 0 Å². The monoisotopic (exact) mass is 217 g/mol. The number of rotatable bonds is 1. The summed E-state index contributed by atoms with van der Waals surface area (Å²) in [5, 5.41) is 0. The minimum absolute atomic E-state index is 0.169. The minimum Gasteiger partial charge on any atom is -0.305 e. The molecule has 1 aromatic rings. The molecule has 1 aliphatic carbocycles. The Bertz CT molecular complexity index is 459. The Balaban J connectivity index is 2.49. The Kier molecular flexibility index (Phi) is 2.31. The lowest BCUT2D eigenvalue weighted by Gasteiger charge is -2.20. The molecule has 2 heteroatoms. The SMILES string of the molecule is [C-]#[N+]C1(c2ccc(F)c(C(C)(C)C)c2)CC1. The van der Waals surface area contributed by atoms with Gasteiger partial charge >= 0.3 is 0 Å². The van der Waals surface area contributed by atoms with Gasteiger partial charge in [0.15, 0.2) is 0 Å². The standard InChI is InChI=1S/C14H16FN/c1-13(2,3)11-9-10(5-6-12(11)15)14(16-4)7-8-14/h5-6,9H,7-8H2,1-3H3. The molecule has 0 heterocycles. The predicted octanol–water partition coefficient (Wildman–Crippen LogP) is 4.03. The van der Waals surface area contributed by atoms with Gasteiger partial charge in [0.2, 0.25) is 0 Å². The van der Waals surface area contributed by atoms with Crippen LogP contribution in [0.3, 0.4) is 0 Å². The van der Waals surface area contributed by atoms with E-state index < -0.39 is 0 Å². The summed E-state index contributed by atoms with van der Waals surface area (Å²) in [6, 6.07) is 5.14. The fourth-order valence-corrected chi connectivity index (χ4v) is 1.97. The molecule has 0 radical (unpaired) electrons. The minimum atomic E-state index is -0.340. The quantitative estimate of drug-likeness (QED) is 0.625. The fourth-order valence-electron chi connectivity index (χ4n) is 1.97.